The molecule has 0 aromatic rings. The number of nitrogens with one attached hydrogen (secondary N) is 2. The summed E-state index contributed by atoms with van der Waals surface area (Å²) in [4.78, 5) is 19.1. The first kappa shape index (κ1) is 26.6. The Hall–Kier alpha value is -0.610. The Bertz CT molecular complexity index is 529. The van der Waals surface area contributed by atoms with Crippen molar-refractivity contribution in [2.24, 2.45) is 10.9 Å². The highest BCUT2D eigenvalue weighted by Crippen LogP contribution is 2.27. The van der Waals surface area contributed by atoms with E-state index in [-0.39, 0.29) is 29.9 Å². The van der Waals surface area contributed by atoms with Crippen LogP contribution in [-0.2, 0) is 14.3 Å². The van der Waals surface area contributed by atoms with Crippen LogP contribution in [0.2, 0.25) is 0 Å². The van der Waals surface area contributed by atoms with Gasteiger partial charge in [0.25, 0.3) is 0 Å². The largest absolute Gasteiger partial charge is 0.376 e. The number of rotatable bonds is 9. The number of likely N-dealkylation sites (tertiary alicyclic amines) is 1. The molecule has 2 heterocycles. The van der Waals surface area contributed by atoms with Gasteiger partial charge in [0.1, 0.15) is 0 Å². The monoisotopic (exact) mass is 550 g/mol. The van der Waals surface area contributed by atoms with E-state index in [1.807, 2.05) is 0 Å². The molecule has 3 fully saturated rings. The van der Waals surface area contributed by atoms with E-state index in [1.54, 1.807) is 0 Å². The van der Waals surface area contributed by atoms with Gasteiger partial charge in [-0.2, -0.15) is 0 Å². The van der Waals surface area contributed by atoms with E-state index in [1.165, 1.54) is 38.5 Å². The van der Waals surface area contributed by atoms with Crippen molar-refractivity contribution >= 4 is 35.8 Å². The van der Waals surface area contributed by atoms with Gasteiger partial charge in [0.15, 0.2) is 5.96 Å². The summed E-state index contributed by atoms with van der Waals surface area (Å²) < 4.78 is 11.9. The van der Waals surface area contributed by atoms with E-state index in [9.17, 15) is 4.79 Å². The standard InChI is InChI=1S/C23H42N4O3.HI/c1-2-24-23(26-13-12-25-22(28)17-19-7-3-4-8-19)27-14-10-20(11-15-27)30-18-21-9-5-6-16-29-21;/h19-21H,2-18H2,1H3,(H,24,26)(H,25,28);1H. The Kier molecular flexibility index (Phi) is 13.1. The maximum Gasteiger partial charge on any atom is 0.220 e. The van der Waals surface area contributed by atoms with Gasteiger partial charge < -0.3 is 25.0 Å². The first-order valence-corrected chi connectivity index (χ1v) is 12.3. The molecule has 0 radical (unpaired) electrons. The average Bonchev–Trinajstić information content (AvgIpc) is 3.28. The second-order valence-corrected chi connectivity index (χ2v) is 8.95. The van der Waals surface area contributed by atoms with Crippen LogP contribution in [0.5, 0.6) is 0 Å². The summed E-state index contributed by atoms with van der Waals surface area (Å²) in [6.07, 6.45) is 11.9. The molecule has 8 heteroatoms. The molecule has 1 aliphatic carbocycles. The maximum atomic E-state index is 12.1. The lowest BCUT2D eigenvalue weighted by atomic mass is 10.0. The normalized spacial score (nSPS) is 23.5. The van der Waals surface area contributed by atoms with E-state index in [0.717, 1.165) is 58.1 Å². The highest BCUT2D eigenvalue weighted by molar-refractivity contribution is 14.0. The van der Waals surface area contributed by atoms with E-state index < -0.39 is 0 Å². The van der Waals surface area contributed by atoms with E-state index in [4.69, 9.17) is 14.5 Å². The molecule has 1 amide bonds. The average molecular weight is 551 g/mol. The minimum Gasteiger partial charge on any atom is -0.376 e. The number of aliphatic imine (C=N–C) groups is 1. The first-order chi connectivity index (χ1) is 14.7. The van der Waals surface area contributed by atoms with Crippen molar-refractivity contribution in [2.45, 2.75) is 83.3 Å². The number of hydrogen-bond acceptors (Lipinski definition) is 4. The zero-order valence-corrected chi connectivity index (χ0v) is 21.6. The van der Waals surface area contributed by atoms with Crippen LogP contribution in [0.4, 0.5) is 0 Å². The van der Waals surface area contributed by atoms with Crippen LogP contribution in [0.1, 0.15) is 71.1 Å². The molecule has 7 nitrogen and oxygen atoms in total. The third kappa shape index (κ3) is 9.82. The number of carbonyl (C=O) groups excluding carboxylic acids is 1. The Morgan fingerprint density at radius 1 is 1.06 bits per heavy atom. The zero-order valence-electron chi connectivity index (χ0n) is 19.3. The number of carbonyl (C=O) groups is 1. The molecule has 180 valence electrons. The summed E-state index contributed by atoms with van der Waals surface area (Å²) in [5, 5.41) is 6.44. The summed E-state index contributed by atoms with van der Waals surface area (Å²) in [7, 11) is 0. The maximum absolute atomic E-state index is 12.1. The van der Waals surface area contributed by atoms with Gasteiger partial charge in [-0.15, -0.1) is 24.0 Å². The molecule has 0 aromatic carbocycles. The molecule has 2 aliphatic heterocycles. The summed E-state index contributed by atoms with van der Waals surface area (Å²) in [5.41, 5.74) is 0. The molecule has 0 spiro atoms. The summed E-state index contributed by atoms with van der Waals surface area (Å²) in [6, 6.07) is 0. The van der Waals surface area contributed by atoms with Gasteiger partial charge in [-0.1, -0.05) is 12.8 Å². The third-order valence-electron chi connectivity index (χ3n) is 6.51. The molecule has 1 atom stereocenters. The molecular formula is C23H43IN4O3. The molecule has 31 heavy (non-hydrogen) atoms. The van der Waals surface area contributed by atoms with Crippen molar-refractivity contribution in [1.29, 1.82) is 0 Å². The molecule has 1 unspecified atom stereocenters. The fourth-order valence-electron chi connectivity index (χ4n) is 4.75. The van der Waals surface area contributed by atoms with Crippen LogP contribution in [0.15, 0.2) is 4.99 Å². The van der Waals surface area contributed by atoms with Crippen LogP contribution in [-0.4, -0.2) is 74.9 Å². The molecule has 2 N–H and O–H groups in total. The van der Waals surface area contributed by atoms with Gasteiger partial charge in [-0.05, 0) is 57.8 Å². The van der Waals surface area contributed by atoms with E-state index >= 15 is 0 Å². The van der Waals surface area contributed by atoms with Crippen LogP contribution < -0.4 is 10.6 Å². The topological polar surface area (TPSA) is 75.2 Å². The van der Waals surface area contributed by atoms with Gasteiger partial charge in [0.05, 0.1) is 25.4 Å². The number of halogens is 1. The number of nitrogens with zero attached hydrogens (tertiary/aromatic N) is 2. The SMILES string of the molecule is CCNC(=NCCNC(=O)CC1CCCC1)N1CCC(OCC2CCCCO2)CC1.I. The fourth-order valence-corrected chi connectivity index (χ4v) is 4.75. The summed E-state index contributed by atoms with van der Waals surface area (Å²) >= 11 is 0. The number of hydrogen-bond donors (Lipinski definition) is 2. The van der Waals surface area contributed by atoms with Gasteiger partial charge >= 0.3 is 0 Å². The van der Waals surface area contributed by atoms with Crippen LogP contribution in [0, 0.1) is 5.92 Å². The second-order valence-electron chi connectivity index (χ2n) is 8.95. The zero-order chi connectivity index (χ0) is 21.0. The molecule has 2 saturated heterocycles. The predicted octanol–water partition coefficient (Wildman–Crippen LogP) is 3.32. The van der Waals surface area contributed by atoms with Crippen molar-refractivity contribution in [3.8, 4) is 0 Å². The highest BCUT2D eigenvalue weighted by atomic mass is 127. The van der Waals surface area contributed by atoms with Crippen LogP contribution in [0.25, 0.3) is 0 Å². The van der Waals surface area contributed by atoms with Crippen molar-refractivity contribution in [3.05, 3.63) is 0 Å². The van der Waals surface area contributed by atoms with Gasteiger partial charge in [0.2, 0.25) is 5.91 Å². The molecule has 3 rings (SSSR count). The predicted molar refractivity (Wildman–Crippen MR) is 135 cm³/mol. The minimum absolute atomic E-state index is 0. The third-order valence-corrected chi connectivity index (χ3v) is 6.51. The number of amides is 1. The fraction of sp³-hybridized carbons (Fsp3) is 0.913. The van der Waals surface area contributed by atoms with E-state index in [0.29, 0.717) is 37.6 Å². The van der Waals surface area contributed by atoms with Crippen molar-refractivity contribution < 1.29 is 14.3 Å². The smallest absolute Gasteiger partial charge is 0.220 e. The van der Waals surface area contributed by atoms with E-state index in [2.05, 4.69) is 22.5 Å². The van der Waals surface area contributed by atoms with Crippen molar-refractivity contribution in [3.63, 3.8) is 0 Å². The van der Waals surface area contributed by atoms with Crippen molar-refractivity contribution in [2.75, 3.05) is 45.9 Å². The Balaban J connectivity index is 0.00000341. The number of piperidine rings is 1. The molecule has 1 saturated carbocycles. The molecule has 3 aliphatic rings. The number of ether oxygens (including phenoxy) is 2. The lowest BCUT2D eigenvalue weighted by molar-refractivity contribution is -0.121. The van der Waals surface area contributed by atoms with Crippen LogP contribution in [0.3, 0.4) is 0 Å². The lowest BCUT2D eigenvalue weighted by Gasteiger charge is -2.35. The second kappa shape index (κ2) is 15.3. The molecule has 0 aromatic heterocycles. The number of guanidine groups is 1. The lowest BCUT2D eigenvalue weighted by Crippen LogP contribution is -2.47. The van der Waals surface area contributed by atoms with Gasteiger partial charge in [0, 0.05) is 39.2 Å². The quantitative estimate of drug-likeness (QED) is 0.200. The highest BCUT2D eigenvalue weighted by Gasteiger charge is 2.24. The molecule has 0 bridgehead atoms. The summed E-state index contributed by atoms with van der Waals surface area (Å²) in [5.74, 6) is 1.73. The van der Waals surface area contributed by atoms with Gasteiger partial charge in [-0.3, -0.25) is 9.79 Å². The summed E-state index contributed by atoms with van der Waals surface area (Å²) in [6.45, 7) is 7.71. The minimum atomic E-state index is 0. The van der Waals surface area contributed by atoms with Crippen molar-refractivity contribution in [1.82, 2.24) is 15.5 Å². The van der Waals surface area contributed by atoms with Crippen LogP contribution >= 0.6 is 24.0 Å². The Morgan fingerprint density at radius 3 is 2.48 bits per heavy atom. The Labute approximate surface area is 205 Å². The first-order valence-electron chi connectivity index (χ1n) is 12.3. The molecular weight excluding hydrogens is 507 g/mol. The Morgan fingerprint density at radius 2 is 1.81 bits per heavy atom. The van der Waals surface area contributed by atoms with Gasteiger partial charge in [-0.25, -0.2) is 0 Å².